The molecule has 6 heteroatoms. The first-order chi connectivity index (χ1) is 11.8. The van der Waals surface area contributed by atoms with Crippen LogP contribution in [-0.2, 0) is 0 Å². The molecule has 2 aromatic rings. The van der Waals surface area contributed by atoms with Crippen LogP contribution >= 0.6 is 7.14 Å². The number of hydrogen-bond acceptors (Lipinski definition) is 1. The molecule has 1 saturated heterocycles. The molecule has 1 aliphatic heterocycles. The molecule has 134 valence electrons. The summed E-state index contributed by atoms with van der Waals surface area (Å²) in [6.45, 7) is 0. The van der Waals surface area contributed by atoms with Crippen molar-refractivity contribution in [3.63, 3.8) is 0 Å². The van der Waals surface area contributed by atoms with E-state index in [1.807, 2.05) is 68.2 Å². The summed E-state index contributed by atoms with van der Waals surface area (Å²) in [5.74, 6) is 0. The first-order valence-electron chi connectivity index (χ1n) is 8.67. The first kappa shape index (κ1) is 18.5. The van der Waals surface area contributed by atoms with Crippen molar-refractivity contribution in [2.24, 2.45) is 0 Å². The van der Waals surface area contributed by atoms with Crippen LogP contribution in [-0.4, -0.2) is 31.1 Å². The van der Waals surface area contributed by atoms with E-state index in [-0.39, 0.29) is 17.5 Å². The van der Waals surface area contributed by atoms with Gasteiger partial charge in [-0.15, -0.1) is 0 Å². The molecule has 0 amide bonds. The first-order valence-corrected chi connectivity index (χ1v) is 11.5. The summed E-state index contributed by atoms with van der Waals surface area (Å²) in [7, 11) is -0.424. The van der Waals surface area contributed by atoms with E-state index in [0.29, 0.717) is 0 Å². The second-order valence-corrected chi connectivity index (χ2v) is 12.1. The third-order valence-corrected chi connectivity index (χ3v) is 11.4. The quantitative estimate of drug-likeness (QED) is 0.625. The molecule has 0 radical (unpaired) electrons. The maximum absolute atomic E-state index is 13.1. The SMILES string of the molecule is B[PH]1(C[C@H](O)C(F)(F)F)[C@@H](c2ccccc2)CC[C@@H]1c1ccccc1. The molecule has 1 N–H and O–H groups in total. The molecule has 25 heavy (non-hydrogen) atoms. The van der Waals surface area contributed by atoms with Gasteiger partial charge in [0.2, 0.25) is 0 Å². The van der Waals surface area contributed by atoms with E-state index in [1.165, 1.54) is 0 Å². The van der Waals surface area contributed by atoms with Crippen LogP contribution in [0.2, 0.25) is 0 Å². The Kier molecular flexibility index (Phi) is 5.27. The van der Waals surface area contributed by atoms with Gasteiger partial charge in [-0.2, -0.15) is 0 Å². The summed E-state index contributed by atoms with van der Waals surface area (Å²) < 4.78 is 39.3. The van der Waals surface area contributed by atoms with Crippen molar-refractivity contribution in [1.29, 1.82) is 0 Å². The van der Waals surface area contributed by atoms with Gasteiger partial charge in [-0.05, 0) is 0 Å². The summed E-state index contributed by atoms with van der Waals surface area (Å²) >= 11 is 0. The van der Waals surface area contributed by atoms with E-state index in [2.05, 4.69) is 0 Å². The van der Waals surface area contributed by atoms with Crippen LogP contribution in [0.25, 0.3) is 0 Å². The predicted molar refractivity (Wildman–Crippen MR) is 101 cm³/mol. The van der Waals surface area contributed by atoms with Crippen molar-refractivity contribution in [3.8, 4) is 0 Å². The van der Waals surface area contributed by atoms with Crippen molar-refractivity contribution >= 4 is 14.7 Å². The topological polar surface area (TPSA) is 20.2 Å². The van der Waals surface area contributed by atoms with Crippen LogP contribution in [0.5, 0.6) is 0 Å². The zero-order valence-corrected chi connectivity index (χ0v) is 15.2. The summed E-state index contributed by atoms with van der Waals surface area (Å²) in [5.41, 5.74) is 2.50. The molecule has 1 heterocycles. The van der Waals surface area contributed by atoms with Gasteiger partial charge in [0, 0.05) is 0 Å². The van der Waals surface area contributed by atoms with Gasteiger partial charge in [0.25, 0.3) is 0 Å². The minimum absolute atomic E-state index is 0.135. The Balaban J connectivity index is 1.99. The standard InChI is InChI=1S/C19H23BF3OP/c20-25(13-18(24)19(21,22)23)16(14-7-3-1-4-8-14)11-12-17(25)15-9-5-2-6-10-15/h1-10,16-18,24-25H,11-13,20H2/t16-,17-,18+/m1/s1. The molecule has 3 rings (SSSR count). The molecule has 0 spiro atoms. The second kappa shape index (κ2) is 7.13. The Morgan fingerprint density at radius 2 is 1.32 bits per heavy atom. The number of rotatable bonds is 4. The third kappa shape index (κ3) is 3.78. The Morgan fingerprint density at radius 1 is 0.920 bits per heavy atom. The molecular formula is C19H23BF3OP. The molecule has 0 unspecified atom stereocenters. The van der Waals surface area contributed by atoms with E-state index < -0.39 is 19.4 Å². The zero-order chi connectivity index (χ0) is 18.1. The molecule has 2 aromatic carbocycles. The van der Waals surface area contributed by atoms with Crippen LogP contribution < -0.4 is 0 Å². The van der Waals surface area contributed by atoms with Crippen LogP contribution in [0.15, 0.2) is 60.7 Å². The number of alkyl halides is 3. The Morgan fingerprint density at radius 3 is 1.68 bits per heavy atom. The molecular weight excluding hydrogens is 343 g/mol. The predicted octanol–water partition coefficient (Wildman–Crippen LogP) is 4.48. The van der Waals surface area contributed by atoms with E-state index >= 15 is 0 Å². The van der Waals surface area contributed by atoms with Crippen molar-refractivity contribution in [2.75, 3.05) is 6.16 Å². The van der Waals surface area contributed by atoms with Gasteiger partial charge >= 0.3 is 147 Å². The van der Waals surface area contributed by atoms with Gasteiger partial charge < -0.3 is 0 Å². The molecule has 0 bridgehead atoms. The third-order valence-electron chi connectivity index (χ3n) is 5.75. The van der Waals surface area contributed by atoms with Gasteiger partial charge in [-0.1, -0.05) is 0 Å². The van der Waals surface area contributed by atoms with E-state index in [0.717, 1.165) is 24.0 Å². The average molecular weight is 366 g/mol. The van der Waals surface area contributed by atoms with Gasteiger partial charge in [-0.25, -0.2) is 0 Å². The molecule has 0 saturated carbocycles. The number of aliphatic hydroxyl groups is 1. The number of hydrogen-bond donors (Lipinski definition) is 1. The Labute approximate surface area is 148 Å². The number of halogens is 3. The molecule has 3 atom stereocenters. The molecule has 0 aliphatic carbocycles. The zero-order valence-electron chi connectivity index (χ0n) is 14.2. The molecule has 0 aromatic heterocycles. The average Bonchev–Trinajstić information content (AvgIpc) is 2.92. The van der Waals surface area contributed by atoms with Gasteiger partial charge in [0.1, 0.15) is 0 Å². The van der Waals surface area contributed by atoms with Crippen molar-refractivity contribution in [2.45, 2.75) is 36.4 Å². The maximum atomic E-state index is 13.1. The molecule has 1 nitrogen and oxygen atoms in total. The van der Waals surface area contributed by atoms with Crippen LogP contribution in [0.4, 0.5) is 13.2 Å². The second-order valence-electron chi connectivity index (χ2n) is 7.27. The van der Waals surface area contributed by atoms with Crippen molar-refractivity contribution in [1.82, 2.24) is 0 Å². The van der Waals surface area contributed by atoms with Gasteiger partial charge in [0.15, 0.2) is 0 Å². The fourth-order valence-corrected chi connectivity index (χ4v) is 10.2. The van der Waals surface area contributed by atoms with E-state index in [1.54, 1.807) is 0 Å². The van der Waals surface area contributed by atoms with Gasteiger partial charge in [-0.3, -0.25) is 0 Å². The monoisotopic (exact) mass is 366 g/mol. The van der Waals surface area contributed by atoms with E-state index in [4.69, 9.17) is 0 Å². The van der Waals surface area contributed by atoms with Gasteiger partial charge in [0.05, 0.1) is 0 Å². The van der Waals surface area contributed by atoms with Crippen molar-refractivity contribution in [3.05, 3.63) is 71.8 Å². The van der Waals surface area contributed by atoms with Crippen LogP contribution in [0.3, 0.4) is 0 Å². The summed E-state index contributed by atoms with van der Waals surface area (Å²) in [5, 5.41) is 9.85. The normalized spacial score (nSPS) is 25.4. The van der Waals surface area contributed by atoms with E-state index in [9.17, 15) is 18.3 Å². The molecule has 1 fully saturated rings. The fourth-order valence-electron chi connectivity index (χ4n) is 4.52. The summed E-state index contributed by atoms with van der Waals surface area (Å²) in [6.07, 6.45) is -5.16. The summed E-state index contributed by atoms with van der Waals surface area (Å²) in [6, 6.07) is 19.7. The Hall–Kier alpha value is -1.32. The summed E-state index contributed by atoms with van der Waals surface area (Å²) in [4.78, 5) is 0. The van der Waals surface area contributed by atoms with Crippen LogP contribution in [0, 0.1) is 0 Å². The number of benzene rings is 2. The minimum atomic E-state index is -4.55. The molecule has 1 aliphatic rings. The van der Waals surface area contributed by atoms with Crippen LogP contribution in [0.1, 0.15) is 35.3 Å². The Bertz CT molecular complexity index is 645. The van der Waals surface area contributed by atoms with Crippen molar-refractivity contribution < 1.29 is 18.3 Å². The fraction of sp³-hybridized carbons (Fsp3) is 0.368. The number of aliphatic hydroxyl groups excluding tert-OH is 1.